The second-order valence-corrected chi connectivity index (χ2v) is 6.88. The van der Waals surface area contributed by atoms with Crippen molar-refractivity contribution in [3.05, 3.63) is 87.7 Å². The number of hydrogen-bond donors (Lipinski definition) is 1. The number of amides is 1. The van der Waals surface area contributed by atoms with Crippen molar-refractivity contribution in [3.8, 4) is 11.1 Å². The lowest BCUT2D eigenvalue weighted by Gasteiger charge is -2.14. The number of nitrogens with one attached hydrogen (secondary N) is 1. The van der Waals surface area contributed by atoms with E-state index >= 15 is 0 Å². The quantitative estimate of drug-likeness (QED) is 0.587. The van der Waals surface area contributed by atoms with Gasteiger partial charge >= 0.3 is 0 Å². The van der Waals surface area contributed by atoms with Gasteiger partial charge < -0.3 is 4.90 Å². The molecule has 1 aliphatic heterocycles. The highest BCUT2D eigenvalue weighted by atomic mass is 16.2. The molecular formula is C21H17N5O2. The van der Waals surface area contributed by atoms with E-state index in [2.05, 4.69) is 10.1 Å². The summed E-state index contributed by atoms with van der Waals surface area (Å²) in [5, 5.41) is 3.13. The molecule has 0 aliphatic carbocycles. The van der Waals surface area contributed by atoms with Crippen molar-refractivity contribution in [2.45, 2.75) is 20.0 Å². The number of aromatic amines is 1. The zero-order chi connectivity index (χ0) is 19.3. The number of pyridine rings is 1. The van der Waals surface area contributed by atoms with Gasteiger partial charge in [-0.05, 0) is 24.6 Å². The van der Waals surface area contributed by atoms with Crippen LogP contribution in [-0.2, 0) is 13.1 Å². The number of aryl methyl sites for hydroxylation is 1. The Morgan fingerprint density at radius 3 is 2.57 bits per heavy atom. The van der Waals surface area contributed by atoms with E-state index in [4.69, 9.17) is 4.98 Å². The molecule has 7 heteroatoms. The van der Waals surface area contributed by atoms with Crippen molar-refractivity contribution < 1.29 is 4.79 Å². The molecule has 4 heterocycles. The van der Waals surface area contributed by atoms with Crippen LogP contribution >= 0.6 is 0 Å². The van der Waals surface area contributed by atoms with Gasteiger partial charge in [-0.3, -0.25) is 19.7 Å². The zero-order valence-corrected chi connectivity index (χ0v) is 15.2. The van der Waals surface area contributed by atoms with Crippen molar-refractivity contribution in [2.24, 2.45) is 0 Å². The van der Waals surface area contributed by atoms with E-state index in [-0.39, 0.29) is 18.0 Å². The third-order valence-electron chi connectivity index (χ3n) is 5.11. The van der Waals surface area contributed by atoms with E-state index in [0.29, 0.717) is 29.0 Å². The molecule has 0 fully saturated rings. The Kier molecular flexibility index (Phi) is 3.61. The molecular weight excluding hydrogens is 354 g/mol. The molecule has 0 atom stereocenters. The van der Waals surface area contributed by atoms with Gasteiger partial charge in [-0.15, -0.1) is 0 Å². The van der Waals surface area contributed by atoms with Crippen molar-refractivity contribution in [1.82, 2.24) is 24.5 Å². The van der Waals surface area contributed by atoms with E-state index in [9.17, 15) is 9.59 Å². The van der Waals surface area contributed by atoms with Gasteiger partial charge in [0.05, 0.1) is 24.3 Å². The maximum Gasteiger partial charge on any atom is 0.278 e. The van der Waals surface area contributed by atoms with E-state index in [0.717, 1.165) is 16.8 Å². The van der Waals surface area contributed by atoms with Gasteiger partial charge in [0, 0.05) is 29.2 Å². The molecule has 0 bridgehead atoms. The topological polar surface area (TPSA) is 83.4 Å². The number of aromatic nitrogens is 4. The first-order valence-electron chi connectivity index (χ1n) is 9.01. The summed E-state index contributed by atoms with van der Waals surface area (Å²) in [5.74, 6) is -0.132. The van der Waals surface area contributed by atoms with Crippen LogP contribution in [0.4, 0.5) is 0 Å². The predicted octanol–water partition coefficient (Wildman–Crippen LogP) is 2.55. The van der Waals surface area contributed by atoms with Crippen molar-refractivity contribution in [3.63, 3.8) is 0 Å². The van der Waals surface area contributed by atoms with Crippen molar-refractivity contribution >= 4 is 11.6 Å². The highest BCUT2D eigenvalue weighted by molar-refractivity contribution is 5.94. The summed E-state index contributed by atoms with van der Waals surface area (Å²) in [6.45, 7) is 2.51. The maximum atomic E-state index is 13.1. The zero-order valence-electron chi connectivity index (χ0n) is 15.2. The summed E-state index contributed by atoms with van der Waals surface area (Å²) in [4.78, 5) is 36.2. The Morgan fingerprint density at radius 1 is 1.07 bits per heavy atom. The molecule has 1 N–H and O–H groups in total. The van der Waals surface area contributed by atoms with Gasteiger partial charge in [0.25, 0.3) is 11.5 Å². The molecule has 0 spiro atoms. The number of nitrogens with zero attached hydrogens (tertiary/aromatic N) is 4. The number of hydrogen-bond acceptors (Lipinski definition) is 4. The van der Waals surface area contributed by atoms with E-state index < -0.39 is 0 Å². The molecule has 1 aliphatic rings. The van der Waals surface area contributed by atoms with Crippen LogP contribution in [0.3, 0.4) is 0 Å². The molecule has 138 valence electrons. The first kappa shape index (κ1) is 16.4. The molecule has 7 nitrogen and oxygen atoms in total. The fourth-order valence-corrected chi connectivity index (χ4v) is 3.75. The third kappa shape index (κ3) is 2.44. The molecule has 3 aromatic heterocycles. The average Bonchev–Trinajstić information content (AvgIpc) is 3.30. The van der Waals surface area contributed by atoms with Crippen LogP contribution in [-0.4, -0.2) is 30.4 Å². The van der Waals surface area contributed by atoms with Crippen LogP contribution < -0.4 is 5.56 Å². The minimum atomic E-state index is -0.157. The van der Waals surface area contributed by atoms with Gasteiger partial charge in [-0.2, -0.15) is 0 Å². The van der Waals surface area contributed by atoms with Crippen LogP contribution in [0.25, 0.3) is 16.8 Å². The number of benzene rings is 1. The molecule has 0 unspecified atom stereocenters. The van der Waals surface area contributed by atoms with E-state index in [1.165, 1.54) is 4.52 Å². The minimum absolute atomic E-state index is 0.132. The minimum Gasteiger partial charge on any atom is -0.328 e. The van der Waals surface area contributed by atoms with E-state index in [1.54, 1.807) is 29.4 Å². The number of H-pyrrole nitrogens is 1. The van der Waals surface area contributed by atoms with Crippen LogP contribution in [0.2, 0.25) is 0 Å². The third-order valence-corrected chi connectivity index (χ3v) is 5.11. The van der Waals surface area contributed by atoms with Crippen molar-refractivity contribution in [1.29, 1.82) is 0 Å². The summed E-state index contributed by atoms with van der Waals surface area (Å²) < 4.78 is 1.48. The summed E-state index contributed by atoms with van der Waals surface area (Å²) >= 11 is 0. The summed E-state index contributed by atoms with van der Waals surface area (Å²) in [6, 6.07) is 13.2. The van der Waals surface area contributed by atoms with Gasteiger partial charge in [0.2, 0.25) is 0 Å². The van der Waals surface area contributed by atoms with Gasteiger partial charge in [-0.25, -0.2) is 9.50 Å². The average molecular weight is 371 g/mol. The molecule has 4 aromatic rings. The maximum absolute atomic E-state index is 13.1. The highest BCUT2D eigenvalue weighted by Crippen LogP contribution is 2.28. The van der Waals surface area contributed by atoms with Gasteiger partial charge in [-0.1, -0.05) is 30.3 Å². The first-order chi connectivity index (χ1) is 13.6. The highest BCUT2D eigenvalue weighted by Gasteiger charge is 2.30. The Labute approximate surface area is 160 Å². The second kappa shape index (κ2) is 6.16. The monoisotopic (exact) mass is 371 g/mol. The number of fused-ring (bicyclic) bond motifs is 2. The molecule has 0 saturated carbocycles. The molecule has 5 rings (SSSR count). The lowest BCUT2D eigenvalue weighted by molar-refractivity contribution is 0.0750. The summed E-state index contributed by atoms with van der Waals surface area (Å²) in [5.41, 5.74) is 4.97. The normalized spacial score (nSPS) is 13.1. The predicted molar refractivity (Wildman–Crippen MR) is 104 cm³/mol. The van der Waals surface area contributed by atoms with Crippen LogP contribution in [0.15, 0.2) is 59.7 Å². The van der Waals surface area contributed by atoms with Crippen LogP contribution in [0, 0.1) is 6.92 Å². The lowest BCUT2D eigenvalue weighted by Crippen LogP contribution is -2.26. The molecule has 28 heavy (non-hydrogen) atoms. The Hall–Kier alpha value is -3.74. The van der Waals surface area contributed by atoms with Crippen LogP contribution in [0.1, 0.15) is 27.3 Å². The SMILES string of the molecule is Cc1[nH]n2c(=O)c3c(nc2c1-c1ccccc1)CN(C(=O)c1ccncc1)C3. The summed E-state index contributed by atoms with van der Waals surface area (Å²) in [6.07, 6.45) is 3.17. The smallest absolute Gasteiger partial charge is 0.278 e. The molecule has 1 aromatic carbocycles. The molecule has 0 radical (unpaired) electrons. The number of carbonyl (C=O) groups is 1. The Balaban J connectivity index is 1.60. The van der Waals surface area contributed by atoms with Crippen LogP contribution in [0.5, 0.6) is 0 Å². The fraction of sp³-hybridized carbons (Fsp3) is 0.143. The summed E-state index contributed by atoms with van der Waals surface area (Å²) in [7, 11) is 0. The lowest BCUT2D eigenvalue weighted by atomic mass is 10.1. The second-order valence-electron chi connectivity index (χ2n) is 6.88. The van der Waals surface area contributed by atoms with E-state index in [1.807, 2.05) is 37.3 Å². The number of rotatable bonds is 2. The Morgan fingerprint density at radius 2 is 1.82 bits per heavy atom. The Bertz CT molecular complexity index is 1260. The standard InChI is InChI=1S/C21H17N5O2/c1-13-18(14-5-3-2-4-6-14)19-23-17-12-25(11-16(17)21(28)26(19)24-13)20(27)15-7-9-22-10-8-15/h2-10,24H,11-12H2,1H3. The van der Waals surface area contributed by atoms with Gasteiger partial charge in [0.15, 0.2) is 5.65 Å². The largest absolute Gasteiger partial charge is 0.328 e. The first-order valence-corrected chi connectivity index (χ1v) is 9.01. The van der Waals surface area contributed by atoms with Gasteiger partial charge in [0.1, 0.15) is 0 Å². The number of carbonyl (C=O) groups excluding carboxylic acids is 1. The molecule has 1 amide bonds. The fourth-order valence-electron chi connectivity index (χ4n) is 3.75. The van der Waals surface area contributed by atoms with Crippen molar-refractivity contribution in [2.75, 3.05) is 0 Å². The molecule has 0 saturated heterocycles.